The van der Waals surface area contributed by atoms with Crippen LogP contribution in [0, 0.1) is 0 Å². The van der Waals surface area contributed by atoms with Crippen LogP contribution in [0.15, 0.2) is 28.6 Å². The fourth-order valence-corrected chi connectivity index (χ4v) is 3.61. The lowest BCUT2D eigenvalue weighted by atomic mass is 10.3. The number of anilines is 1. The maximum absolute atomic E-state index is 5.82. The molecule has 1 aliphatic carbocycles. The highest BCUT2D eigenvalue weighted by Crippen LogP contribution is 2.30. The summed E-state index contributed by atoms with van der Waals surface area (Å²) in [4.78, 5) is 0. The molecule has 1 heterocycles. The van der Waals surface area contributed by atoms with Gasteiger partial charge in [0, 0.05) is 16.8 Å². The van der Waals surface area contributed by atoms with E-state index >= 15 is 0 Å². The van der Waals surface area contributed by atoms with Gasteiger partial charge in [-0.25, -0.2) is 0 Å². The van der Waals surface area contributed by atoms with Crippen LogP contribution in [-0.4, -0.2) is 28.6 Å². The Morgan fingerprint density at radius 1 is 1.29 bits per heavy atom. The third kappa shape index (κ3) is 5.05. The van der Waals surface area contributed by atoms with E-state index in [4.69, 9.17) is 16.3 Å². The molecule has 0 radical (unpaired) electrons. The van der Waals surface area contributed by atoms with Crippen molar-refractivity contribution in [1.82, 2.24) is 10.2 Å². The monoisotopic (exact) mass is 341 g/mol. The molecule has 0 bridgehead atoms. The number of thioether (sulfide) groups is 1. The van der Waals surface area contributed by atoms with Crippen LogP contribution in [-0.2, 0) is 0 Å². The van der Waals surface area contributed by atoms with Gasteiger partial charge in [0.05, 0.1) is 6.61 Å². The van der Waals surface area contributed by atoms with Gasteiger partial charge in [-0.3, -0.25) is 0 Å². The zero-order valence-corrected chi connectivity index (χ0v) is 13.8. The second-order valence-electron chi connectivity index (χ2n) is 4.80. The van der Waals surface area contributed by atoms with Crippen LogP contribution in [0.3, 0.4) is 0 Å². The SMILES string of the molecule is Clc1ccc(OCCCSc2nnc(NC3CC3)s2)cc1. The van der Waals surface area contributed by atoms with E-state index in [1.165, 1.54) is 12.8 Å². The van der Waals surface area contributed by atoms with Gasteiger partial charge in [0.2, 0.25) is 5.13 Å². The topological polar surface area (TPSA) is 47.0 Å². The first-order valence-electron chi connectivity index (χ1n) is 6.91. The van der Waals surface area contributed by atoms with Gasteiger partial charge in [0.1, 0.15) is 5.75 Å². The number of nitrogens with one attached hydrogen (secondary N) is 1. The summed E-state index contributed by atoms with van der Waals surface area (Å²) in [7, 11) is 0. The number of aromatic nitrogens is 2. The molecule has 0 saturated heterocycles. The van der Waals surface area contributed by atoms with Crippen LogP contribution in [0.4, 0.5) is 5.13 Å². The van der Waals surface area contributed by atoms with E-state index in [0.717, 1.165) is 32.4 Å². The Morgan fingerprint density at radius 3 is 2.86 bits per heavy atom. The molecule has 0 spiro atoms. The third-order valence-corrected chi connectivity index (χ3v) is 5.23. The van der Waals surface area contributed by atoms with Gasteiger partial charge in [-0.15, -0.1) is 10.2 Å². The van der Waals surface area contributed by atoms with Crippen molar-refractivity contribution < 1.29 is 4.74 Å². The first-order chi connectivity index (χ1) is 10.3. The quantitative estimate of drug-likeness (QED) is 0.572. The van der Waals surface area contributed by atoms with Gasteiger partial charge in [-0.2, -0.15) is 0 Å². The molecular formula is C14H16ClN3OS2. The molecule has 0 amide bonds. The summed E-state index contributed by atoms with van der Waals surface area (Å²) in [6, 6.07) is 8.07. The van der Waals surface area contributed by atoms with Crippen LogP contribution in [0.5, 0.6) is 5.75 Å². The van der Waals surface area contributed by atoms with E-state index in [9.17, 15) is 0 Å². The molecule has 1 aromatic carbocycles. The number of nitrogens with zero attached hydrogens (tertiary/aromatic N) is 2. The highest BCUT2D eigenvalue weighted by Gasteiger charge is 2.22. The normalized spacial score (nSPS) is 14.1. The molecule has 2 aromatic rings. The van der Waals surface area contributed by atoms with Gasteiger partial charge < -0.3 is 10.1 Å². The van der Waals surface area contributed by atoms with Crippen LogP contribution < -0.4 is 10.1 Å². The Labute approximate surface area is 137 Å². The van der Waals surface area contributed by atoms with Crippen molar-refractivity contribution in [2.45, 2.75) is 29.6 Å². The Morgan fingerprint density at radius 2 is 2.10 bits per heavy atom. The summed E-state index contributed by atoms with van der Waals surface area (Å²) in [6.45, 7) is 0.695. The lowest BCUT2D eigenvalue weighted by Gasteiger charge is -2.05. The molecule has 1 aromatic heterocycles. The lowest BCUT2D eigenvalue weighted by Crippen LogP contribution is -1.99. The van der Waals surface area contributed by atoms with E-state index in [2.05, 4.69) is 15.5 Å². The maximum Gasteiger partial charge on any atom is 0.206 e. The summed E-state index contributed by atoms with van der Waals surface area (Å²) in [5.41, 5.74) is 0. The number of hydrogen-bond donors (Lipinski definition) is 1. The van der Waals surface area contributed by atoms with E-state index in [1.807, 2.05) is 24.3 Å². The van der Waals surface area contributed by atoms with E-state index < -0.39 is 0 Å². The van der Waals surface area contributed by atoms with Crippen molar-refractivity contribution in [3.8, 4) is 5.75 Å². The molecule has 3 rings (SSSR count). The van der Waals surface area contributed by atoms with Crippen LogP contribution in [0.25, 0.3) is 0 Å². The molecule has 21 heavy (non-hydrogen) atoms. The number of ether oxygens (including phenoxy) is 1. The minimum absolute atomic E-state index is 0.628. The Bertz CT molecular complexity index is 572. The predicted octanol–water partition coefficient (Wildman–Crippen LogP) is 4.33. The lowest BCUT2D eigenvalue weighted by molar-refractivity contribution is 0.319. The average Bonchev–Trinajstić information content (AvgIpc) is 3.18. The highest BCUT2D eigenvalue weighted by atomic mass is 35.5. The van der Waals surface area contributed by atoms with Crippen molar-refractivity contribution in [2.24, 2.45) is 0 Å². The largest absolute Gasteiger partial charge is 0.494 e. The molecule has 112 valence electrons. The zero-order valence-electron chi connectivity index (χ0n) is 11.4. The summed E-state index contributed by atoms with van der Waals surface area (Å²) < 4.78 is 6.67. The molecule has 1 fully saturated rings. The van der Waals surface area contributed by atoms with Crippen molar-refractivity contribution in [3.63, 3.8) is 0 Å². The molecule has 1 saturated carbocycles. The van der Waals surface area contributed by atoms with Crippen molar-refractivity contribution in [1.29, 1.82) is 0 Å². The molecule has 4 nitrogen and oxygen atoms in total. The number of rotatable bonds is 8. The molecule has 1 N–H and O–H groups in total. The van der Waals surface area contributed by atoms with Crippen molar-refractivity contribution >= 4 is 39.8 Å². The van der Waals surface area contributed by atoms with Gasteiger partial charge in [-0.1, -0.05) is 34.7 Å². The van der Waals surface area contributed by atoms with Crippen molar-refractivity contribution in [3.05, 3.63) is 29.3 Å². The molecular weight excluding hydrogens is 326 g/mol. The fraction of sp³-hybridized carbons (Fsp3) is 0.429. The minimum atomic E-state index is 0.628. The van der Waals surface area contributed by atoms with E-state index in [1.54, 1.807) is 23.1 Å². The van der Waals surface area contributed by atoms with Crippen LogP contribution in [0.1, 0.15) is 19.3 Å². The third-order valence-electron chi connectivity index (χ3n) is 2.91. The number of benzene rings is 1. The van der Waals surface area contributed by atoms with Crippen LogP contribution in [0.2, 0.25) is 5.02 Å². The minimum Gasteiger partial charge on any atom is -0.494 e. The van der Waals surface area contributed by atoms with E-state index in [-0.39, 0.29) is 0 Å². The van der Waals surface area contributed by atoms with E-state index in [0.29, 0.717) is 12.6 Å². The molecule has 7 heteroatoms. The fourth-order valence-electron chi connectivity index (χ4n) is 1.67. The first kappa shape index (κ1) is 14.9. The van der Waals surface area contributed by atoms with Gasteiger partial charge in [0.15, 0.2) is 4.34 Å². The van der Waals surface area contributed by atoms with Crippen LogP contribution >= 0.6 is 34.7 Å². The summed E-state index contributed by atoms with van der Waals surface area (Å²) in [6.07, 6.45) is 3.48. The highest BCUT2D eigenvalue weighted by molar-refractivity contribution is 8.01. The molecule has 0 aliphatic heterocycles. The summed E-state index contributed by atoms with van der Waals surface area (Å²) in [5.74, 6) is 1.84. The zero-order chi connectivity index (χ0) is 14.5. The van der Waals surface area contributed by atoms with Gasteiger partial charge in [-0.05, 0) is 43.5 Å². The first-order valence-corrected chi connectivity index (χ1v) is 9.09. The average molecular weight is 342 g/mol. The maximum atomic E-state index is 5.82. The molecule has 0 atom stereocenters. The summed E-state index contributed by atoms with van der Waals surface area (Å²) >= 11 is 9.19. The standard InChI is InChI=1S/C14H16ClN3OS2/c15-10-2-6-12(7-3-10)19-8-1-9-20-14-18-17-13(21-14)16-11-4-5-11/h2-3,6-7,11H,1,4-5,8-9H2,(H,16,17). The number of halogens is 1. The Hall–Kier alpha value is -0.980. The number of hydrogen-bond acceptors (Lipinski definition) is 6. The molecule has 0 unspecified atom stereocenters. The second-order valence-corrected chi connectivity index (χ2v) is 7.55. The van der Waals surface area contributed by atoms with Crippen molar-refractivity contribution in [2.75, 3.05) is 17.7 Å². The predicted molar refractivity (Wildman–Crippen MR) is 88.8 cm³/mol. The van der Waals surface area contributed by atoms with Gasteiger partial charge in [0.25, 0.3) is 0 Å². The van der Waals surface area contributed by atoms with Gasteiger partial charge >= 0.3 is 0 Å². The molecule has 1 aliphatic rings. The Balaban J connectivity index is 1.32. The summed E-state index contributed by atoms with van der Waals surface area (Å²) in [5, 5.41) is 13.3. The Kier molecular flexibility index (Phi) is 5.22. The smallest absolute Gasteiger partial charge is 0.206 e. The second kappa shape index (κ2) is 7.33.